The van der Waals surface area contributed by atoms with E-state index in [-0.39, 0.29) is 22.5 Å². The molecule has 2 N–H and O–H groups in total. The van der Waals surface area contributed by atoms with Crippen molar-refractivity contribution in [1.29, 1.82) is 0 Å². The van der Waals surface area contributed by atoms with Gasteiger partial charge in [0, 0.05) is 0 Å². The van der Waals surface area contributed by atoms with Gasteiger partial charge in [0.05, 0.1) is 22.2 Å². The minimum Gasteiger partial charge on any atom is -0.345 e. The number of nitrogens with one attached hydrogen (secondary N) is 2. The third-order valence-corrected chi connectivity index (χ3v) is 6.67. The minimum atomic E-state index is -3.80. The molecule has 3 aromatic carbocycles. The molecule has 0 heterocycles. The molecule has 1 amide bonds. The Morgan fingerprint density at radius 1 is 0.900 bits per heavy atom. The van der Waals surface area contributed by atoms with Crippen LogP contribution in [0.5, 0.6) is 0 Å². The lowest BCUT2D eigenvalue weighted by Gasteiger charge is -2.20. The standard InChI is InChI=1S/C24H24N2O3S/c1-17-11-15-20(16-12-17)30(28,29)26-22-10-6-5-9-21(22)24(27)25-23(19-13-14-19)18-7-3-2-4-8-18/h2-12,15-16,19,23,26H,13-14H2,1H3,(H,25,27). The molecule has 4 rings (SSSR count). The van der Waals surface area contributed by atoms with E-state index in [0.717, 1.165) is 24.0 Å². The van der Waals surface area contributed by atoms with Gasteiger partial charge in [0.25, 0.3) is 15.9 Å². The first-order valence-corrected chi connectivity index (χ1v) is 11.5. The summed E-state index contributed by atoms with van der Waals surface area (Å²) in [6.45, 7) is 1.90. The van der Waals surface area contributed by atoms with Crippen LogP contribution in [0.3, 0.4) is 0 Å². The van der Waals surface area contributed by atoms with Crippen LogP contribution >= 0.6 is 0 Å². The van der Waals surface area contributed by atoms with Crippen LogP contribution in [-0.4, -0.2) is 14.3 Å². The van der Waals surface area contributed by atoms with Gasteiger partial charge in [-0.1, -0.05) is 60.2 Å². The maximum Gasteiger partial charge on any atom is 0.261 e. The van der Waals surface area contributed by atoms with Gasteiger partial charge in [0.2, 0.25) is 0 Å². The van der Waals surface area contributed by atoms with E-state index in [1.807, 2.05) is 37.3 Å². The molecular formula is C24H24N2O3S. The highest BCUT2D eigenvalue weighted by Gasteiger charge is 2.34. The summed E-state index contributed by atoms with van der Waals surface area (Å²) >= 11 is 0. The molecule has 154 valence electrons. The smallest absolute Gasteiger partial charge is 0.261 e. The monoisotopic (exact) mass is 420 g/mol. The number of rotatable bonds is 7. The van der Waals surface area contributed by atoms with E-state index in [0.29, 0.717) is 11.5 Å². The summed E-state index contributed by atoms with van der Waals surface area (Å²) in [7, 11) is -3.80. The van der Waals surface area contributed by atoms with Gasteiger partial charge in [-0.15, -0.1) is 0 Å². The lowest BCUT2D eigenvalue weighted by molar-refractivity contribution is 0.0932. The first kappa shape index (κ1) is 20.2. The zero-order valence-corrected chi connectivity index (χ0v) is 17.5. The van der Waals surface area contributed by atoms with Crippen LogP contribution in [0, 0.1) is 12.8 Å². The fourth-order valence-corrected chi connectivity index (χ4v) is 4.55. The third kappa shape index (κ3) is 4.54. The third-order valence-electron chi connectivity index (χ3n) is 5.29. The Kier molecular flexibility index (Phi) is 5.59. The summed E-state index contributed by atoms with van der Waals surface area (Å²) in [5, 5.41) is 3.11. The molecule has 0 saturated heterocycles. The molecule has 0 aliphatic heterocycles. The number of amides is 1. The predicted molar refractivity (Wildman–Crippen MR) is 118 cm³/mol. The maximum absolute atomic E-state index is 13.1. The van der Waals surface area contributed by atoms with Crippen LogP contribution in [0.15, 0.2) is 83.8 Å². The molecule has 1 saturated carbocycles. The quantitative estimate of drug-likeness (QED) is 0.583. The number of sulfonamides is 1. The van der Waals surface area contributed by atoms with Crippen molar-refractivity contribution in [2.24, 2.45) is 5.92 Å². The van der Waals surface area contributed by atoms with Crippen molar-refractivity contribution in [3.05, 3.63) is 95.6 Å². The van der Waals surface area contributed by atoms with Gasteiger partial charge in [0.15, 0.2) is 0 Å². The summed E-state index contributed by atoms with van der Waals surface area (Å²) in [5.74, 6) is 0.116. The molecular weight excluding hydrogens is 396 g/mol. The number of benzene rings is 3. The van der Waals surface area contributed by atoms with Gasteiger partial charge in [-0.05, 0) is 55.5 Å². The van der Waals surface area contributed by atoms with Crippen LogP contribution in [-0.2, 0) is 10.0 Å². The molecule has 3 aromatic rings. The second-order valence-electron chi connectivity index (χ2n) is 7.66. The fraction of sp³-hybridized carbons (Fsp3) is 0.208. The van der Waals surface area contributed by atoms with Crippen LogP contribution in [0.4, 0.5) is 5.69 Å². The second kappa shape index (κ2) is 8.32. The summed E-state index contributed by atoms with van der Waals surface area (Å²) in [6.07, 6.45) is 2.14. The molecule has 6 heteroatoms. The SMILES string of the molecule is Cc1ccc(S(=O)(=O)Nc2ccccc2C(=O)NC(c2ccccc2)C2CC2)cc1. The maximum atomic E-state index is 13.1. The molecule has 1 aliphatic rings. The van der Waals surface area contributed by atoms with E-state index in [1.165, 1.54) is 0 Å². The number of para-hydroxylation sites is 1. The molecule has 5 nitrogen and oxygen atoms in total. The average molecular weight is 421 g/mol. The number of carbonyl (C=O) groups excluding carboxylic acids is 1. The summed E-state index contributed by atoms with van der Waals surface area (Å²) in [5.41, 5.74) is 2.60. The van der Waals surface area contributed by atoms with Crippen molar-refractivity contribution in [2.45, 2.75) is 30.7 Å². The van der Waals surface area contributed by atoms with Crippen molar-refractivity contribution in [3.63, 3.8) is 0 Å². The molecule has 1 atom stereocenters. The normalized spacial score (nSPS) is 14.7. The number of anilines is 1. The zero-order valence-electron chi connectivity index (χ0n) is 16.7. The molecule has 1 unspecified atom stereocenters. The Morgan fingerprint density at radius 3 is 2.20 bits per heavy atom. The Morgan fingerprint density at radius 2 is 1.53 bits per heavy atom. The van der Waals surface area contributed by atoms with E-state index in [4.69, 9.17) is 0 Å². The van der Waals surface area contributed by atoms with Crippen molar-refractivity contribution in [1.82, 2.24) is 5.32 Å². The predicted octanol–water partition coefficient (Wildman–Crippen LogP) is 4.68. The van der Waals surface area contributed by atoms with E-state index in [9.17, 15) is 13.2 Å². The largest absolute Gasteiger partial charge is 0.345 e. The lowest BCUT2D eigenvalue weighted by Crippen LogP contribution is -2.30. The van der Waals surface area contributed by atoms with Gasteiger partial charge < -0.3 is 5.32 Å². The molecule has 30 heavy (non-hydrogen) atoms. The van der Waals surface area contributed by atoms with Gasteiger partial charge >= 0.3 is 0 Å². The molecule has 0 aromatic heterocycles. The zero-order chi connectivity index (χ0) is 21.1. The number of hydrogen-bond donors (Lipinski definition) is 2. The second-order valence-corrected chi connectivity index (χ2v) is 9.35. The van der Waals surface area contributed by atoms with Crippen LogP contribution in [0.2, 0.25) is 0 Å². The Hall–Kier alpha value is -3.12. The summed E-state index contributed by atoms with van der Waals surface area (Å²) in [6, 6.07) is 23.1. The summed E-state index contributed by atoms with van der Waals surface area (Å²) in [4.78, 5) is 13.3. The highest BCUT2D eigenvalue weighted by molar-refractivity contribution is 7.92. The number of carbonyl (C=O) groups is 1. The Labute approximate surface area is 177 Å². The van der Waals surface area contributed by atoms with Crippen molar-refractivity contribution < 1.29 is 13.2 Å². The Bertz CT molecular complexity index is 1140. The molecule has 0 spiro atoms. The first-order chi connectivity index (χ1) is 14.4. The number of hydrogen-bond acceptors (Lipinski definition) is 3. The van der Waals surface area contributed by atoms with Gasteiger partial charge in [-0.25, -0.2) is 8.42 Å². The van der Waals surface area contributed by atoms with Crippen LogP contribution in [0.1, 0.15) is 40.4 Å². The number of aryl methyl sites for hydroxylation is 1. The minimum absolute atomic E-state index is 0.0829. The lowest BCUT2D eigenvalue weighted by atomic mass is 10.0. The highest BCUT2D eigenvalue weighted by Crippen LogP contribution is 2.41. The average Bonchev–Trinajstić information content (AvgIpc) is 3.58. The van der Waals surface area contributed by atoms with Crippen molar-refractivity contribution in [2.75, 3.05) is 4.72 Å². The topological polar surface area (TPSA) is 75.3 Å². The molecule has 1 fully saturated rings. The Balaban J connectivity index is 1.58. The highest BCUT2D eigenvalue weighted by atomic mass is 32.2. The van der Waals surface area contributed by atoms with E-state index in [2.05, 4.69) is 10.0 Å². The van der Waals surface area contributed by atoms with Gasteiger partial charge in [0.1, 0.15) is 0 Å². The first-order valence-electron chi connectivity index (χ1n) is 9.98. The molecule has 1 aliphatic carbocycles. The molecule has 0 bridgehead atoms. The van der Waals surface area contributed by atoms with E-state index >= 15 is 0 Å². The van der Waals surface area contributed by atoms with Crippen molar-refractivity contribution >= 4 is 21.6 Å². The van der Waals surface area contributed by atoms with Crippen LogP contribution < -0.4 is 10.0 Å². The fourth-order valence-electron chi connectivity index (χ4n) is 3.47. The van der Waals surface area contributed by atoms with Gasteiger partial charge in [-0.2, -0.15) is 0 Å². The van der Waals surface area contributed by atoms with E-state index in [1.54, 1.807) is 48.5 Å². The van der Waals surface area contributed by atoms with E-state index < -0.39 is 10.0 Å². The summed E-state index contributed by atoms with van der Waals surface area (Å²) < 4.78 is 28.2. The van der Waals surface area contributed by atoms with Crippen molar-refractivity contribution in [3.8, 4) is 0 Å². The molecule has 0 radical (unpaired) electrons. The van der Waals surface area contributed by atoms with Gasteiger partial charge in [-0.3, -0.25) is 9.52 Å². The van der Waals surface area contributed by atoms with Crippen LogP contribution in [0.25, 0.3) is 0 Å².